The maximum absolute atomic E-state index is 9.46. The second-order valence-corrected chi connectivity index (χ2v) is 5.71. The van der Waals surface area contributed by atoms with E-state index in [-0.39, 0.29) is 0 Å². The molecule has 0 radical (unpaired) electrons. The van der Waals surface area contributed by atoms with Gasteiger partial charge in [0.1, 0.15) is 0 Å². The maximum Gasteiger partial charge on any atom is 0.0465 e. The second kappa shape index (κ2) is 4.75. The molecule has 0 aromatic rings. The van der Waals surface area contributed by atoms with Crippen molar-refractivity contribution in [1.29, 1.82) is 0 Å². The molecule has 0 saturated heterocycles. The third-order valence-corrected chi connectivity index (χ3v) is 4.69. The minimum Gasteiger partial charge on any atom is -0.396 e. The zero-order valence-corrected chi connectivity index (χ0v) is 10.6. The second-order valence-electron chi connectivity index (χ2n) is 5.71. The molecule has 90 valence electrons. The summed E-state index contributed by atoms with van der Waals surface area (Å²) in [6.07, 6.45) is 6.15. The minimum absolute atomic E-state index is 0.365. The molecular weight excluding hydrogens is 196 g/mol. The first kappa shape index (κ1) is 11.9. The predicted molar refractivity (Wildman–Crippen MR) is 68.2 cm³/mol. The standard InChI is InChI=1S/C15H24O/c1-10(2)12-5-4-11(3)14-7-6-13(9-16)15(14)8-12/h12-13,15-16H,1,4-9H2,2-3H3/t12-,13-,15+/m1/s1. The van der Waals surface area contributed by atoms with Crippen LogP contribution >= 0.6 is 0 Å². The highest BCUT2D eigenvalue weighted by Gasteiger charge is 2.35. The molecule has 2 rings (SSSR count). The number of hydrogen-bond acceptors (Lipinski definition) is 1. The van der Waals surface area contributed by atoms with E-state index in [1.807, 2.05) is 0 Å². The number of fused-ring (bicyclic) bond motifs is 1. The number of aliphatic hydroxyl groups is 1. The van der Waals surface area contributed by atoms with E-state index in [4.69, 9.17) is 0 Å². The molecule has 0 heterocycles. The van der Waals surface area contributed by atoms with Gasteiger partial charge in [-0.15, -0.1) is 0 Å². The Kier molecular flexibility index (Phi) is 3.53. The molecule has 0 aromatic heterocycles. The lowest BCUT2D eigenvalue weighted by Gasteiger charge is -2.23. The molecule has 0 unspecified atom stereocenters. The summed E-state index contributed by atoms with van der Waals surface area (Å²) in [4.78, 5) is 0. The Hall–Kier alpha value is -0.560. The first-order chi connectivity index (χ1) is 7.63. The van der Waals surface area contributed by atoms with Gasteiger partial charge in [0.05, 0.1) is 0 Å². The van der Waals surface area contributed by atoms with E-state index in [0.717, 1.165) is 0 Å². The molecule has 1 nitrogen and oxygen atoms in total. The molecule has 0 spiro atoms. The number of allylic oxidation sites excluding steroid dienone is 3. The summed E-state index contributed by atoms with van der Waals surface area (Å²) in [5.41, 5.74) is 4.60. The van der Waals surface area contributed by atoms with Gasteiger partial charge in [0.15, 0.2) is 0 Å². The fourth-order valence-corrected chi connectivity index (χ4v) is 3.52. The third-order valence-electron chi connectivity index (χ3n) is 4.69. The van der Waals surface area contributed by atoms with E-state index in [2.05, 4.69) is 20.4 Å². The van der Waals surface area contributed by atoms with Crippen molar-refractivity contribution in [3.05, 3.63) is 23.3 Å². The van der Waals surface area contributed by atoms with Crippen LogP contribution < -0.4 is 0 Å². The van der Waals surface area contributed by atoms with Crippen molar-refractivity contribution in [2.75, 3.05) is 6.61 Å². The Morgan fingerprint density at radius 1 is 1.38 bits per heavy atom. The lowest BCUT2D eigenvalue weighted by molar-refractivity contribution is 0.191. The summed E-state index contributed by atoms with van der Waals surface area (Å²) in [6.45, 7) is 8.95. The minimum atomic E-state index is 0.365. The van der Waals surface area contributed by atoms with E-state index in [0.29, 0.717) is 24.4 Å². The molecule has 16 heavy (non-hydrogen) atoms. The van der Waals surface area contributed by atoms with Crippen LogP contribution in [0.2, 0.25) is 0 Å². The fraction of sp³-hybridized carbons (Fsp3) is 0.733. The van der Waals surface area contributed by atoms with Crippen LogP contribution in [0.4, 0.5) is 0 Å². The molecule has 1 fully saturated rings. The van der Waals surface area contributed by atoms with Crippen LogP contribution in [0.15, 0.2) is 23.3 Å². The summed E-state index contributed by atoms with van der Waals surface area (Å²) >= 11 is 0. The molecule has 0 bridgehead atoms. The van der Waals surface area contributed by atoms with Crippen molar-refractivity contribution in [3.63, 3.8) is 0 Å². The van der Waals surface area contributed by atoms with E-state index < -0.39 is 0 Å². The number of hydrogen-bond donors (Lipinski definition) is 1. The van der Waals surface area contributed by atoms with Crippen molar-refractivity contribution >= 4 is 0 Å². The van der Waals surface area contributed by atoms with Gasteiger partial charge in [-0.1, -0.05) is 23.3 Å². The van der Waals surface area contributed by atoms with E-state index >= 15 is 0 Å². The lowest BCUT2D eigenvalue weighted by atomic mass is 9.83. The van der Waals surface area contributed by atoms with Crippen LogP contribution in [0.25, 0.3) is 0 Å². The van der Waals surface area contributed by atoms with E-state index in [9.17, 15) is 5.11 Å². The molecule has 3 atom stereocenters. The highest BCUT2D eigenvalue weighted by atomic mass is 16.3. The Balaban J connectivity index is 2.21. The molecular formula is C15H24O. The van der Waals surface area contributed by atoms with Crippen molar-refractivity contribution < 1.29 is 5.11 Å². The first-order valence-electron chi connectivity index (χ1n) is 6.58. The zero-order chi connectivity index (χ0) is 11.7. The summed E-state index contributed by atoms with van der Waals surface area (Å²) in [5, 5.41) is 9.46. The van der Waals surface area contributed by atoms with Gasteiger partial charge in [0.2, 0.25) is 0 Å². The van der Waals surface area contributed by atoms with Gasteiger partial charge >= 0.3 is 0 Å². The fourth-order valence-electron chi connectivity index (χ4n) is 3.52. The first-order valence-corrected chi connectivity index (χ1v) is 6.58. The third kappa shape index (κ3) is 2.10. The lowest BCUT2D eigenvalue weighted by Crippen LogP contribution is -2.16. The van der Waals surface area contributed by atoms with Crippen LogP contribution in [0.1, 0.15) is 46.0 Å². The highest BCUT2D eigenvalue weighted by Crippen LogP contribution is 2.46. The topological polar surface area (TPSA) is 20.2 Å². The van der Waals surface area contributed by atoms with E-state index in [1.54, 1.807) is 11.1 Å². The van der Waals surface area contributed by atoms with Gasteiger partial charge in [-0.05, 0) is 63.7 Å². The quantitative estimate of drug-likeness (QED) is 0.704. The smallest absolute Gasteiger partial charge is 0.0465 e. The van der Waals surface area contributed by atoms with Crippen LogP contribution in [0.5, 0.6) is 0 Å². The largest absolute Gasteiger partial charge is 0.396 e. The molecule has 0 aromatic carbocycles. The molecule has 2 aliphatic rings. The molecule has 2 aliphatic carbocycles. The summed E-state index contributed by atoms with van der Waals surface area (Å²) < 4.78 is 0. The van der Waals surface area contributed by atoms with Crippen LogP contribution in [0, 0.1) is 17.8 Å². The Morgan fingerprint density at radius 2 is 2.12 bits per heavy atom. The van der Waals surface area contributed by atoms with Crippen molar-refractivity contribution in [3.8, 4) is 0 Å². The molecule has 0 amide bonds. The zero-order valence-electron chi connectivity index (χ0n) is 10.6. The number of aliphatic hydroxyl groups excluding tert-OH is 1. The van der Waals surface area contributed by atoms with Crippen LogP contribution in [-0.2, 0) is 0 Å². The van der Waals surface area contributed by atoms with Gasteiger partial charge < -0.3 is 5.11 Å². The average molecular weight is 220 g/mol. The molecule has 0 aliphatic heterocycles. The van der Waals surface area contributed by atoms with Gasteiger partial charge in [-0.3, -0.25) is 0 Å². The van der Waals surface area contributed by atoms with E-state index in [1.165, 1.54) is 37.7 Å². The van der Waals surface area contributed by atoms with Crippen LogP contribution in [-0.4, -0.2) is 11.7 Å². The monoisotopic (exact) mass is 220 g/mol. The predicted octanol–water partition coefficient (Wildman–Crippen LogP) is 3.70. The molecule has 1 heteroatoms. The number of rotatable bonds is 2. The SMILES string of the molecule is C=C(C)[C@@H]1CCC(C)=C2CC[C@H](CO)[C@@H]2C1. The van der Waals surface area contributed by atoms with Gasteiger partial charge in [0.25, 0.3) is 0 Å². The summed E-state index contributed by atoms with van der Waals surface area (Å²) in [6, 6.07) is 0. The van der Waals surface area contributed by atoms with Gasteiger partial charge in [0, 0.05) is 6.61 Å². The summed E-state index contributed by atoms with van der Waals surface area (Å²) in [5.74, 6) is 1.84. The van der Waals surface area contributed by atoms with Gasteiger partial charge in [-0.2, -0.15) is 0 Å². The molecule has 1 saturated carbocycles. The maximum atomic E-state index is 9.46. The average Bonchev–Trinajstić information content (AvgIpc) is 2.58. The Morgan fingerprint density at radius 3 is 2.75 bits per heavy atom. The van der Waals surface area contributed by atoms with Crippen molar-refractivity contribution in [2.24, 2.45) is 17.8 Å². The Bertz CT molecular complexity index is 313. The van der Waals surface area contributed by atoms with Crippen molar-refractivity contribution in [1.82, 2.24) is 0 Å². The Labute approximate surface area is 99.3 Å². The van der Waals surface area contributed by atoms with Gasteiger partial charge in [-0.25, -0.2) is 0 Å². The molecule has 1 N–H and O–H groups in total. The summed E-state index contributed by atoms with van der Waals surface area (Å²) in [7, 11) is 0. The van der Waals surface area contributed by atoms with Crippen molar-refractivity contribution in [2.45, 2.75) is 46.0 Å². The van der Waals surface area contributed by atoms with Crippen LogP contribution in [0.3, 0.4) is 0 Å². The highest BCUT2D eigenvalue weighted by molar-refractivity contribution is 5.23. The normalized spacial score (nSPS) is 34.8.